The number of pyridine rings is 1. The van der Waals surface area contributed by atoms with Gasteiger partial charge in [-0.25, -0.2) is 13.4 Å². The lowest BCUT2D eigenvalue weighted by molar-refractivity contribution is 0.479. The van der Waals surface area contributed by atoms with Gasteiger partial charge in [0.05, 0.1) is 16.5 Å². The van der Waals surface area contributed by atoms with E-state index in [1.807, 2.05) is 36.4 Å². The van der Waals surface area contributed by atoms with Crippen molar-refractivity contribution in [2.24, 2.45) is 0 Å². The van der Waals surface area contributed by atoms with Crippen molar-refractivity contribution in [2.45, 2.75) is 24.1 Å². The van der Waals surface area contributed by atoms with Crippen LogP contribution in [0.5, 0.6) is 0 Å². The van der Waals surface area contributed by atoms with Crippen LogP contribution in [0, 0.1) is 0 Å². The Hall–Kier alpha value is -2.98. The first kappa shape index (κ1) is 20.9. The third kappa shape index (κ3) is 4.07. The van der Waals surface area contributed by atoms with Crippen LogP contribution in [0.2, 0.25) is 0 Å². The van der Waals surface area contributed by atoms with Crippen LogP contribution in [0.15, 0.2) is 41.2 Å². The van der Waals surface area contributed by atoms with Gasteiger partial charge in [-0.2, -0.15) is 4.98 Å². The number of benzene rings is 1. The molecule has 0 saturated carbocycles. The maximum atomic E-state index is 13.2. The highest BCUT2D eigenvalue weighted by Gasteiger charge is 2.36. The van der Waals surface area contributed by atoms with Crippen LogP contribution in [0.4, 0.5) is 11.8 Å². The molecular weight excluding hydrogens is 428 g/mol. The predicted molar refractivity (Wildman–Crippen MR) is 126 cm³/mol. The lowest BCUT2D eigenvalue weighted by Gasteiger charge is -2.38. The van der Waals surface area contributed by atoms with Crippen molar-refractivity contribution < 1.29 is 8.42 Å². The lowest BCUT2D eigenvalue weighted by atomic mass is 10.1. The van der Waals surface area contributed by atoms with Crippen LogP contribution in [0.1, 0.15) is 12.8 Å². The summed E-state index contributed by atoms with van der Waals surface area (Å²) in [7, 11) is -3.12. The molecule has 3 N–H and O–H groups in total. The zero-order valence-corrected chi connectivity index (χ0v) is 18.7. The Morgan fingerprint density at radius 1 is 1.12 bits per heavy atom. The van der Waals surface area contributed by atoms with E-state index in [0.29, 0.717) is 36.1 Å². The standard InChI is InChI=1S/C22H26N6O3S/c1-32(30,31)16-12-28(13-16)22-26-20(24-15-6-4-10-23-11-15)19(21(29)27-22)18-9-8-14-5-2-3-7-17(14)25-18/h2-3,5,7-9,15-16,23H,4,6,10-13H2,1H3,(H2,24,26,27,29)/t15-/m1/s1. The molecular formula is C22H26N6O3S. The highest BCUT2D eigenvalue weighted by atomic mass is 32.2. The number of anilines is 2. The van der Waals surface area contributed by atoms with E-state index < -0.39 is 15.1 Å². The van der Waals surface area contributed by atoms with Gasteiger partial charge in [0.1, 0.15) is 11.4 Å². The second kappa shape index (κ2) is 8.18. The second-order valence-electron chi connectivity index (χ2n) is 8.55. The minimum Gasteiger partial charge on any atom is -0.365 e. The monoisotopic (exact) mass is 454 g/mol. The molecule has 168 valence electrons. The summed E-state index contributed by atoms with van der Waals surface area (Å²) < 4.78 is 23.6. The number of piperidine rings is 1. The van der Waals surface area contributed by atoms with Gasteiger partial charge in [0.15, 0.2) is 9.84 Å². The first-order valence-corrected chi connectivity index (χ1v) is 12.8. The Balaban J connectivity index is 1.54. The highest BCUT2D eigenvalue weighted by molar-refractivity contribution is 7.91. The normalized spacial score (nSPS) is 19.7. The largest absolute Gasteiger partial charge is 0.365 e. The number of aromatic nitrogens is 3. The average molecular weight is 455 g/mol. The topological polar surface area (TPSA) is 120 Å². The molecule has 2 fully saturated rings. The summed E-state index contributed by atoms with van der Waals surface area (Å²) in [6, 6.07) is 11.7. The van der Waals surface area contributed by atoms with Gasteiger partial charge in [0.2, 0.25) is 5.95 Å². The molecule has 2 aliphatic rings. The third-order valence-electron chi connectivity index (χ3n) is 6.15. The minimum absolute atomic E-state index is 0.144. The number of nitrogens with zero attached hydrogens (tertiary/aromatic N) is 3. The van der Waals surface area contributed by atoms with E-state index in [0.717, 1.165) is 36.8 Å². The second-order valence-corrected chi connectivity index (χ2v) is 10.9. The number of sulfone groups is 1. The van der Waals surface area contributed by atoms with Gasteiger partial charge in [0.25, 0.3) is 5.56 Å². The number of nitrogens with one attached hydrogen (secondary N) is 3. The molecule has 2 aromatic heterocycles. The van der Waals surface area contributed by atoms with E-state index in [2.05, 4.69) is 15.6 Å². The Labute approximate surface area is 186 Å². The molecule has 9 nitrogen and oxygen atoms in total. The molecule has 1 aromatic carbocycles. The summed E-state index contributed by atoms with van der Waals surface area (Å²) in [5.41, 5.74) is 1.45. The molecule has 0 aliphatic carbocycles. The molecule has 1 atom stereocenters. The van der Waals surface area contributed by atoms with Crippen LogP contribution in [0.3, 0.4) is 0 Å². The predicted octanol–water partition coefficient (Wildman–Crippen LogP) is 1.38. The van der Waals surface area contributed by atoms with E-state index in [4.69, 9.17) is 9.97 Å². The van der Waals surface area contributed by atoms with E-state index in [1.54, 1.807) is 4.90 Å². The molecule has 2 aliphatic heterocycles. The number of para-hydroxylation sites is 1. The quantitative estimate of drug-likeness (QED) is 0.529. The number of hydrogen-bond acceptors (Lipinski definition) is 8. The van der Waals surface area contributed by atoms with Crippen molar-refractivity contribution >= 4 is 32.5 Å². The van der Waals surface area contributed by atoms with Crippen molar-refractivity contribution in [3.63, 3.8) is 0 Å². The Morgan fingerprint density at radius 2 is 1.94 bits per heavy atom. The molecule has 4 heterocycles. The van der Waals surface area contributed by atoms with Gasteiger partial charge in [-0.15, -0.1) is 0 Å². The molecule has 0 spiro atoms. The van der Waals surface area contributed by atoms with Gasteiger partial charge < -0.3 is 15.5 Å². The number of H-pyrrole nitrogens is 1. The zero-order valence-electron chi connectivity index (χ0n) is 17.8. The van der Waals surface area contributed by atoms with Crippen molar-refractivity contribution in [3.8, 4) is 11.3 Å². The summed E-state index contributed by atoms with van der Waals surface area (Å²) in [6.07, 6.45) is 3.25. The van der Waals surface area contributed by atoms with Gasteiger partial charge in [-0.1, -0.05) is 24.3 Å². The molecule has 0 unspecified atom stereocenters. The number of hydrogen-bond donors (Lipinski definition) is 3. The van der Waals surface area contributed by atoms with E-state index in [-0.39, 0.29) is 11.6 Å². The Kier molecular flexibility index (Phi) is 5.34. The van der Waals surface area contributed by atoms with E-state index in [9.17, 15) is 13.2 Å². The third-order valence-corrected chi connectivity index (χ3v) is 7.66. The summed E-state index contributed by atoms with van der Waals surface area (Å²) >= 11 is 0. The molecule has 5 rings (SSSR count). The molecule has 10 heteroatoms. The van der Waals surface area contributed by atoms with Gasteiger partial charge in [0, 0.05) is 37.3 Å². The zero-order chi connectivity index (χ0) is 22.3. The molecule has 0 amide bonds. The SMILES string of the molecule is CS(=O)(=O)C1CN(c2nc(N[C@@H]3CCCNC3)c(-c3ccc4ccccc4n3)c(=O)[nH]2)C1. The van der Waals surface area contributed by atoms with E-state index >= 15 is 0 Å². The molecule has 3 aromatic rings. The molecule has 0 bridgehead atoms. The number of rotatable bonds is 5. The fraction of sp³-hybridized carbons (Fsp3) is 0.409. The van der Waals surface area contributed by atoms with Crippen LogP contribution in [-0.4, -0.2) is 67.1 Å². The lowest BCUT2D eigenvalue weighted by Crippen LogP contribution is -2.55. The van der Waals surface area contributed by atoms with Crippen LogP contribution in [-0.2, 0) is 9.84 Å². The van der Waals surface area contributed by atoms with Gasteiger partial charge in [-0.3, -0.25) is 9.78 Å². The Bertz CT molecular complexity index is 1310. The first-order valence-electron chi connectivity index (χ1n) is 10.8. The van der Waals surface area contributed by atoms with Crippen LogP contribution in [0.25, 0.3) is 22.2 Å². The first-order chi connectivity index (χ1) is 15.4. The van der Waals surface area contributed by atoms with Crippen molar-refractivity contribution in [3.05, 3.63) is 46.8 Å². The maximum absolute atomic E-state index is 13.2. The highest BCUT2D eigenvalue weighted by Crippen LogP contribution is 2.28. The van der Waals surface area contributed by atoms with Crippen molar-refractivity contribution in [1.82, 2.24) is 20.3 Å². The average Bonchev–Trinajstić information content (AvgIpc) is 2.72. The molecule has 32 heavy (non-hydrogen) atoms. The van der Waals surface area contributed by atoms with Gasteiger partial charge in [-0.05, 0) is 31.5 Å². The molecule has 2 saturated heterocycles. The maximum Gasteiger partial charge on any atom is 0.263 e. The fourth-order valence-corrected chi connectivity index (χ4v) is 5.11. The number of fused-ring (bicyclic) bond motifs is 1. The van der Waals surface area contributed by atoms with Crippen LogP contribution >= 0.6 is 0 Å². The van der Waals surface area contributed by atoms with Crippen molar-refractivity contribution in [2.75, 3.05) is 42.7 Å². The molecule has 0 radical (unpaired) electrons. The summed E-state index contributed by atoms with van der Waals surface area (Å²) in [6.45, 7) is 2.40. The Morgan fingerprint density at radius 3 is 2.69 bits per heavy atom. The van der Waals surface area contributed by atoms with Crippen molar-refractivity contribution in [1.29, 1.82) is 0 Å². The summed E-state index contributed by atoms with van der Waals surface area (Å²) in [5.74, 6) is 0.855. The summed E-state index contributed by atoms with van der Waals surface area (Å²) in [5, 5.41) is 7.37. The smallest absolute Gasteiger partial charge is 0.263 e. The van der Waals surface area contributed by atoms with E-state index in [1.165, 1.54) is 6.26 Å². The fourth-order valence-electron chi connectivity index (χ4n) is 4.21. The summed E-state index contributed by atoms with van der Waals surface area (Å²) in [4.78, 5) is 27.3. The van der Waals surface area contributed by atoms with Crippen LogP contribution < -0.4 is 21.1 Å². The van der Waals surface area contributed by atoms with Gasteiger partial charge >= 0.3 is 0 Å². The minimum atomic E-state index is -3.12. The number of aromatic amines is 1.